The highest BCUT2D eigenvalue weighted by Crippen LogP contribution is 2.39. The molecule has 0 aromatic heterocycles. The number of benzene rings is 1. The molecule has 1 N–H and O–H groups in total. The molecule has 1 aromatic carbocycles. The van der Waals surface area contributed by atoms with Gasteiger partial charge in [-0.25, -0.2) is 13.1 Å². The van der Waals surface area contributed by atoms with Crippen LogP contribution in [0.4, 0.5) is 0 Å². The molecule has 172 valence electrons. The summed E-state index contributed by atoms with van der Waals surface area (Å²) in [6.45, 7) is 2.89. The molecule has 4 aliphatic rings. The van der Waals surface area contributed by atoms with E-state index in [2.05, 4.69) is 10.8 Å². The summed E-state index contributed by atoms with van der Waals surface area (Å²) >= 11 is 0. The van der Waals surface area contributed by atoms with E-state index in [1.54, 1.807) is 4.90 Å². The Kier molecular flexibility index (Phi) is 6.89. The Bertz CT molecular complexity index is 882. The Morgan fingerprint density at radius 3 is 2.58 bits per heavy atom. The first-order valence-electron chi connectivity index (χ1n) is 11.5. The van der Waals surface area contributed by atoms with E-state index in [9.17, 15) is 13.2 Å². The molecule has 1 amide bonds. The van der Waals surface area contributed by atoms with Crippen LogP contribution in [0.3, 0.4) is 0 Å². The summed E-state index contributed by atoms with van der Waals surface area (Å²) in [5.74, 6) is 1.12. The molecule has 3 aliphatic heterocycles. The molecular formula is C23H34N2O5S. The van der Waals surface area contributed by atoms with E-state index >= 15 is 0 Å². The minimum Gasteiger partial charge on any atom is -0.480 e. The van der Waals surface area contributed by atoms with Gasteiger partial charge in [-0.2, -0.15) is 0 Å². The molecule has 2 fully saturated rings. The van der Waals surface area contributed by atoms with Gasteiger partial charge in [0.1, 0.15) is 5.75 Å². The molecule has 1 unspecified atom stereocenters. The maximum absolute atomic E-state index is 13.6. The number of carbonyl (C=O) groups is 1. The molecule has 7 nitrogen and oxygen atoms in total. The van der Waals surface area contributed by atoms with Crippen molar-refractivity contribution in [3.63, 3.8) is 0 Å². The van der Waals surface area contributed by atoms with Crippen LogP contribution in [0.1, 0.15) is 63.4 Å². The van der Waals surface area contributed by atoms with Crippen LogP contribution < -0.4 is 9.46 Å². The van der Waals surface area contributed by atoms with Crippen molar-refractivity contribution < 1.29 is 22.7 Å². The van der Waals surface area contributed by atoms with E-state index < -0.39 is 16.1 Å². The monoisotopic (exact) mass is 450 g/mol. The number of hydrogen-bond donors (Lipinski definition) is 1. The zero-order chi connectivity index (χ0) is 22.0. The molecule has 1 aliphatic carbocycles. The van der Waals surface area contributed by atoms with Crippen LogP contribution in [0.15, 0.2) is 24.3 Å². The predicted octanol–water partition coefficient (Wildman–Crippen LogP) is 2.81. The fraction of sp³-hybridized carbons (Fsp3) is 0.696. The molecule has 2 bridgehead atoms. The van der Waals surface area contributed by atoms with Gasteiger partial charge in [0.2, 0.25) is 10.0 Å². The van der Waals surface area contributed by atoms with Crippen LogP contribution in [0.5, 0.6) is 5.75 Å². The summed E-state index contributed by atoms with van der Waals surface area (Å²) in [6, 6.07) is 7.40. The second-order valence-corrected chi connectivity index (χ2v) is 10.9. The number of fused-ring (bicyclic) bond motifs is 5. The van der Waals surface area contributed by atoms with E-state index in [-0.39, 0.29) is 24.1 Å². The van der Waals surface area contributed by atoms with Crippen molar-refractivity contribution in [1.29, 1.82) is 0 Å². The van der Waals surface area contributed by atoms with Gasteiger partial charge in [0, 0.05) is 12.6 Å². The van der Waals surface area contributed by atoms with Crippen LogP contribution >= 0.6 is 0 Å². The first-order valence-corrected chi connectivity index (χ1v) is 13.4. The van der Waals surface area contributed by atoms with Gasteiger partial charge in [0.05, 0.1) is 25.0 Å². The Labute approximate surface area is 185 Å². The highest BCUT2D eigenvalue weighted by molar-refractivity contribution is 7.88. The van der Waals surface area contributed by atoms with Crippen LogP contribution in [0.25, 0.3) is 0 Å². The lowest BCUT2D eigenvalue weighted by molar-refractivity contribution is -0.146. The Hall–Kier alpha value is -1.64. The van der Waals surface area contributed by atoms with Crippen molar-refractivity contribution in [2.24, 2.45) is 0 Å². The largest absolute Gasteiger partial charge is 0.480 e. The molecule has 5 rings (SSSR count). The maximum atomic E-state index is 13.6. The minimum absolute atomic E-state index is 0.0857. The Morgan fingerprint density at radius 2 is 1.87 bits per heavy atom. The summed E-state index contributed by atoms with van der Waals surface area (Å²) < 4.78 is 39.3. The first-order chi connectivity index (χ1) is 14.9. The number of rotatable bonds is 3. The number of hydrogen-bond acceptors (Lipinski definition) is 5. The highest BCUT2D eigenvalue weighted by atomic mass is 32.2. The number of nitrogens with zero attached hydrogens (tertiary/aromatic N) is 1. The average Bonchev–Trinajstić information content (AvgIpc) is 2.76. The van der Waals surface area contributed by atoms with E-state index in [1.807, 2.05) is 25.1 Å². The molecule has 31 heavy (non-hydrogen) atoms. The molecule has 1 aromatic rings. The Balaban J connectivity index is 1.68. The maximum Gasteiger partial charge on any atom is 0.264 e. The van der Waals surface area contributed by atoms with E-state index in [0.29, 0.717) is 31.9 Å². The number of carbonyl (C=O) groups excluding carboxylic acids is 1. The molecule has 1 saturated heterocycles. The zero-order valence-electron chi connectivity index (χ0n) is 18.5. The van der Waals surface area contributed by atoms with E-state index in [0.717, 1.165) is 37.9 Å². The van der Waals surface area contributed by atoms with Crippen molar-refractivity contribution in [2.75, 3.05) is 19.4 Å². The number of piperidine rings is 1. The zero-order valence-corrected chi connectivity index (χ0v) is 19.3. The number of sulfonamides is 1. The lowest BCUT2D eigenvalue weighted by atomic mass is 9.82. The fourth-order valence-electron chi connectivity index (χ4n) is 5.30. The smallest absolute Gasteiger partial charge is 0.264 e. The number of nitrogens with one attached hydrogen (secondary N) is 1. The predicted molar refractivity (Wildman–Crippen MR) is 119 cm³/mol. The van der Waals surface area contributed by atoms with E-state index in [1.165, 1.54) is 11.8 Å². The fourth-order valence-corrected chi connectivity index (χ4v) is 6.12. The van der Waals surface area contributed by atoms with Gasteiger partial charge in [-0.15, -0.1) is 0 Å². The number of amides is 1. The van der Waals surface area contributed by atoms with Gasteiger partial charge in [0.15, 0.2) is 6.10 Å². The second kappa shape index (κ2) is 9.46. The molecule has 1 saturated carbocycles. The number of ether oxygens (including phenoxy) is 2. The lowest BCUT2D eigenvalue weighted by Crippen LogP contribution is -2.61. The minimum atomic E-state index is -3.39. The standard InChI is InChI=1S/C23H34N2O5S/c1-3-21-23(26)25-14-6-8-19(24-31(2,27)28)20(25)15-29-17-12-10-16(11-13-17)18-7-4-5-9-22(18)30-21/h4-5,7,9,16-17,19-21,24H,3,6,8,10-15H2,1-2H3/t16?,17?,19-,20?,21-/m0/s1. The molecule has 0 radical (unpaired) electrons. The first kappa shape index (κ1) is 22.6. The molecular weight excluding hydrogens is 416 g/mol. The summed E-state index contributed by atoms with van der Waals surface area (Å²) in [5.41, 5.74) is 1.18. The van der Waals surface area contributed by atoms with Crippen LogP contribution in [0, 0.1) is 0 Å². The van der Waals surface area contributed by atoms with Crippen molar-refractivity contribution in [3.05, 3.63) is 29.8 Å². The quantitative estimate of drug-likeness (QED) is 0.766. The molecule has 3 heterocycles. The summed E-state index contributed by atoms with van der Waals surface area (Å²) in [4.78, 5) is 15.4. The van der Waals surface area contributed by atoms with Gasteiger partial charge < -0.3 is 14.4 Å². The third-order valence-electron chi connectivity index (χ3n) is 6.88. The SMILES string of the molecule is CC[C@@H]1Oc2ccccc2C2CCC(CC2)OCC2[C@@H](NS(C)(=O)=O)CCCN2C1=O. The topological polar surface area (TPSA) is 84.9 Å². The van der Waals surface area contributed by atoms with Crippen LogP contribution in [-0.4, -0.2) is 62.9 Å². The molecule has 3 atom stereocenters. The normalized spacial score (nSPS) is 32.1. The second-order valence-electron chi connectivity index (χ2n) is 9.10. The van der Waals surface area contributed by atoms with E-state index in [4.69, 9.17) is 9.47 Å². The van der Waals surface area contributed by atoms with Crippen molar-refractivity contribution in [2.45, 2.75) is 82.1 Å². The number of para-hydroxylation sites is 1. The average molecular weight is 451 g/mol. The Morgan fingerprint density at radius 1 is 1.13 bits per heavy atom. The summed E-state index contributed by atoms with van der Waals surface area (Å²) in [7, 11) is -3.39. The van der Waals surface area contributed by atoms with Gasteiger partial charge >= 0.3 is 0 Å². The molecule has 8 heteroatoms. The molecule has 0 spiro atoms. The van der Waals surface area contributed by atoms with Crippen LogP contribution in [-0.2, 0) is 19.6 Å². The third kappa shape index (κ3) is 5.23. The van der Waals surface area contributed by atoms with Crippen molar-refractivity contribution in [1.82, 2.24) is 9.62 Å². The van der Waals surface area contributed by atoms with Crippen molar-refractivity contribution in [3.8, 4) is 5.75 Å². The third-order valence-corrected chi connectivity index (χ3v) is 7.61. The summed E-state index contributed by atoms with van der Waals surface area (Å²) in [5, 5.41) is 0. The van der Waals surface area contributed by atoms with Gasteiger partial charge in [-0.05, 0) is 62.5 Å². The van der Waals surface area contributed by atoms with Gasteiger partial charge in [-0.3, -0.25) is 4.79 Å². The highest BCUT2D eigenvalue weighted by Gasteiger charge is 2.40. The van der Waals surface area contributed by atoms with Gasteiger partial charge in [-0.1, -0.05) is 25.1 Å². The summed E-state index contributed by atoms with van der Waals surface area (Å²) in [6.07, 6.45) is 6.67. The van der Waals surface area contributed by atoms with Crippen molar-refractivity contribution >= 4 is 15.9 Å². The van der Waals surface area contributed by atoms with Gasteiger partial charge in [0.25, 0.3) is 5.91 Å². The van der Waals surface area contributed by atoms with Crippen LogP contribution in [0.2, 0.25) is 0 Å². The lowest BCUT2D eigenvalue weighted by Gasteiger charge is -2.42.